The van der Waals surface area contributed by atoms with Crippen molar-refractivity contribution in [2.45, 2.75) is 37.4 Å². The molecule has 4 nitrogen and oxygen atoms in total. The molecule has 0 bridgehead atoms. The normalized spacial score (nSPS) is 27.5. The average molecular weight is 311 g/mol. The minimum atomic E-state index is -2.88. The Morgan fingerprint density at radius 2 is 1.84 bits per heavy atom. The first kappa shape index (κ1) is 17.2. The van der Waals surface area contributed by atoms with Crippen molar-refractivity contribution in [1.29, 1.82) is 0 Å². The number of nitrogens with one attached hydrogen (secondary N) is 1. The van der Waals surface area contributed by atoms with Gasteiger partial charge in [0, 0.05) is 19.3 Å². The van der Waals surface area contributed by atoms with Gasteiger partial charge in [-0.05, 0) is 51.2 Å². The Balaban J connectivity index is 0.00000180. The molecule has 0 aromatic rings. The molecule has 114 valence electrons. The third-order valence-electron chi connectivity index (χ3n) is 4.29. The molecule has 0 saturated carbocycles. The minimum Gasteiger partial charge on any atom is -0.317 e. The number of rotatable bonds is 3. The summed E-state index contributed by atoms with van der Waals surface area (Å²) in [5.74, 6) is 0.754. The Hall–Kier alpha value is 0.160. The lowest BCUT2D eigenvalue weighted by molar-refractivity contribution is 0.212. The lowest BCUT2D eigenvalue weighted by Gasteiger charge is -2.30. The third kappa shape index (κ3) is 5.58. The van der Waals surface area contributed by atoms with Crippen molar-refractivity contribution in [3.8, 4) is 0 Å². The third-order valence-corrected chi connectivity index (χ3v) is 5.89. The second-order valence-corrected chi connectivity index (χ2v) is 8.23. The van der Waals surface area contributed by atoms with Gasteiger partial charge in [0.05, 0.1) is 5.25 Å². The van der Waals surface area contributed by atoms with Crippen molar-refractivity contribution < 1.29 is 8.42 Å². The van der Waals surface area contributed by atoms with E-state index in [0.717, 1.165) is 57.9 Å². The molecule has 2 rings (SSSR count). The largest absolute Gasteiger partial charge is 0.317 e. The number of hydrogen-bond acceptors (Lipinski definition) is 4. The van der Waals surface area contributed by atoms with Gasteiger partial charge in [0.2, 0.25) is 0 Å². The van der Waals surface area contributed by atoms with Crippen LogP contribution in [0.5, 0.6) is 0 Å². The van der Waals surface area contributed by atoms with E-state index in [2.05, 4.69) is 10.2 Å². The Labute approximate surface area is 123 Å². The van der Waals surface area contributed by atoms with Gasteiger partial charge in [-0.15, -0.1) is 12.4 Å². The van der Waals surface area contributed by atoms with Gasteiger partial charge >= 0.3 is 0 Å². The number of halogens is 1. The maximum atomic E-state index is 11.7. The van der Waals surface area contributed by atoms with E-state index in [4.69, 9.17) is 0 Å². The summed E-state index contributed by atoms with van der Waals surface area (Å²) in [6.45, 7) is 5.16. The van der Waals surface area contributed by atoms with Crippen LogP contribution in [0.1, 0.15) is 32.1 Å². The molecule has 6 heteroatoms. The molecule has 2 saturated heterocycles. The van der Waals surface area contributed by atoms with Crippen LogP contribution in [-0.4, -0.2) is 57.5 Å². The smallest absolute Gasteiger partial charge is 0.151 e. The predicted octanol–water partition coefficient (Wildman–Crippen LogP) is 1.31. The van der Waals surface area contributed by atoms with Gasteiger partial charge < -0.3 is 10.2 Å². The maximum Gasteiger partial charge on any atom is 0.151 e. The summed E-state index contributed by atoms with van der Waals surface area (Å²) in [6.07, 6.45) is 6.92. The first-order valence-electron chi connectivity index (χ1n) is 7.17. The molecule has 0 aromatic carbocycles. The molecule has 19 heavy (non-hydrogen) atoms. The van der Waals surface area contributed by atoms with E-state index in [1.165, 1.54) is 19.1 Å². The van der Waals surface area contributed by atoms with Gasteiger partial charge in [0.1, 0.15) is 0 Å². The zero-order chi connectivity index (χ0) is 13.0. The van der Waals surface area contributed by atoms with E-state index in [9.17, 15) is 8.42 Å². The summed E-state index contributed by atoms with van der Waals surface area (Å²) >= 11 is 0. The summed E-state index contributed by atoms with van der Waals surface area (Å²) in [5.41, 5.74) is 0. The van der Waals surface area contributed by atoms with Crippen LogP contribution >= 0.6 is 12.4 Å². The zero-order valence-corrected chi connectivity index (χ0v) is 13.4. The van der Waals surface area contributed by atoms with Crippen molar-refractivity contribution in [1.82, 2.24) is 10.2 Å². The molecule has 0 amide bonds. The van der Waals surface area contributed by atoms with Gasteiger partial charge in [0.15, 0.2) is 9.84 Å². The van der Waals surface area contributed by atoms with Gasteiger partial charge in [-0.3, -0.25) is 0 Å². The molecule has 0 radical (unpaired) electrons. The lowest BCUT2D eigenvalue weighted by Crippen LogP contribution is -2.40. The average Bonchev–Trinajstić information content (AvgIpc) is 2.55. The Morgan fingerprint density at radius 3 is 2.47 bits per heavy atom. The van der Waals surface area contributed by atoms with Crippen molar-refractivity contribution in [2.24, 2.45) is 5.92 Å². The van der Waals surface area contributed by atoms with Crippen LogP contribution in [0.4, 0.5) is 0 Å². The molecule has 2 aliphatic heterocycles. The van der Waals surface area contributed by atoms with Crippen LogP contribution in [-0.2, 0) is 9.84 Å². The summed E-state index contributed by atoms with van der Waals surface area (Å²) in [5, 5.41) is 3.25. The molecular formula is C13H27ClN2O2S. The van der Waals surface area contributed by atoms with E-state index in [1.807, 2.05) is 0 Å². The highest BCUT2D eigenvalue weighted by Crippen LogP contribution is 2.20. The van der Waals surface area contributed by atoms with Crippen LogP contribution in [0, 0.1) is 5.92 Å². The van der Waals surface area contributed by atoms with Crippen molar-refractivity contribution in [2.75, 3.05) is 39.0 Å². The summed E-state index contributed by atoms with van der Waals surface area (Å²) in [7, 11) is -2.88. The molecule has 2 fully saturated rings. The highest BCUT2D eigenvalue weighted by Gasteiger charge is 2.27. The fourth-order valence-electron chi connectivity index (χ4n) is 3.12. The fourth-order valence-corrected chi connectivity index (χ4v) is 4.20. The van der Waals surface area contributed by atoms with Gasteiger partial charge in [-0.2, -0.15) is 0 Å². The maximum absolute atomic E-state index is 11.7. The van der Waals surface area contributed by atoms with E-state index < -0.39 is 9.84 Å². The van der Waals surface area contributed by atoms with Gasteiger partial charge in [-0.25, -0.2) is 8.42 Å². The molecular weight excluding hydrogens is 284 g/mol. The lowest BCUT2D eigenvalue weighted by atomic mass is 9.97. The zero-order valence-electron chi connectivity index (χ0n) is 11.8. The van der Waals surface area contributed by atoms with Crippen LogP contribution < -0.4 is 5.32 Å². The highest BCUT2D eigenvalue weighted by atomic mass is 35.5. The monoisotopic (exact) mass is 310 g/mol. The number of likely N-dealkylation sites (tertiary alicyclic amines) is 1. The Morgan fingerprint density at radius 1 is 1.16 bits per heavy atom. The van der Waals surface area contributed by atoms with Crippen molar-refractivity contribution in [3.05, 3.63) is 0 Å². The minimum absolute atomic E-state index is 0. The van der Waals surface area contributed by atoms with Crippen molar-refractivity contribution >= 4 is 22.2 Å². The molecule has 0 spiro atoms. The quantitative estimate of drug-likeness (QED) is 0.854. The van der Waals surface area contributed by atoms with Crippen LogP contribution in [0.3, 0.4) is 0 Å². The van der Waals surface area contributed by atoms with Crippen molar-refractivity contribution in [3.63, 3.8) is 0 Å². The first-order chi connectivity index (χ1) is 8.55. The van der Waals surface area contributed by atoms with E-state index in [-0.39, 0.29) is 17.7 Å². The molecule has 2 heterocycles. The second kappa shape index (κ2) is 7.81. The van der Waals surface area contributed by atoms with Gasteiger partial charge in [0.25, 0.3) is 0 Å². The summed E-state index contributed by atoms with van der Waals surface area (Å²) in [4.78, 5) is 2.40. The highest BCUT2D eigenvalue weighted by molar-refractivity contribution is 7.91. The SMILES string of the molecule is CS(=O)(=O)C1CCCCN(CC2CCNCC2)C1.Cl. The Bertz CT molecular complexity index is 356. The molecule has 2 aliphatic rings. The van der Waals surface area contributed by atoms with E-state index >= 15 is 0 Å². The summed E-state index contributed by atoms with van der Waals surface area (Å²) < 4.78 is 23.5. The number of piperidine rings is 1. The Kier molecular flexibility index (Phi) is 7.08. The number of hydrogen-bond donors (Lipinski definition) is 1. The predicted molar refractivity (Wildman–Crippen MR) is 81.8 cm³/mol. The van der Waals surface area contributed by atoms with Crippen LogP contribution in [0.25, 0.3) is 0 Å². The molecule has 1 unspecified atom stereocenters. The van der Waals surface area contributed by atoms with Gasteiger partial charge in [-0.1, -0.05) is 6.42 Å². The molecule has 0 aliphatic carbocycles. The van der Waals surface area contributed by atoms with Crippen LogP contribution in [0.2, 0.25) is 0 Å². The number of sulfone groups is 1. The summed E-state index contributed by atoms with van der Waals surface area (Å²) in [6, 6.07) is 0. The second-order valence-electron chi connectivity index (χ2n) is 5.90. The standard InChI is InChI=1S/C13H26N2O2S.ClH/c1-18(16,17)13-4-2-3-9-15(11-13)10-12-5-7-14-8-6-12;/h12-14H,2-11H2,1H3;1H. The topological polar surface area (TPSA) is 49.4 Å². The van der Waals surface area contributed by atoms with Crippen LogP contribution in [0.15, 0.2) is 0 Å². The first-order valence-corrected chi connectivity index (χ1v) is 9.13. The molecule has 1 atom stereocenters. The molecule has 1 N–H and O–H groups in total. The molecule has 0 aromatic heterocycles. The van der Waals surface area contributed by atoms with E-state index in [1.54, 1.807) is 0 Å². The van der Waals surface area contributed by atoms with E-state index in [0.29, 0.717) is 0 Å². The number of nitrogens with zero attached hydrogens (tertiary/aromatic N) is 1. The fraction of sp³-hybridized carbons (Fsp3) is 1.00.